The van der Waals surface area contributed by atoms with E-state index in [9.17, 15) is 35.9 Å². The van der Waals surface area contributed by atoms with Crippen molar-refractivity contribution in [2.75, 3.05) is 5.32 Å². The van der Waals surface area contributed by atoms with Crippen molar-refractivity contribution in [3.8, 4) is 5.75 Å². The highest BCUT2D eigenvalue weighted by Gasteiger charge is 2.38. The van der Waals surface area contributed by atoms with Gasteiger partial charge in [0.1, 0.15) is 0 Å². The summed E-state index contributed by atoms with van der Waals surface area (Å²) in [5.41, 5.74) is 6.27. The van der Waals surface area contributed by atoms with Crippen molar-refractivity contribution in [3.05, 3.63) is 84.3 Å². The van der Waals surface area contributed by atoms with Crippen molar-refractivity contribution >= 4 is 44.0 Å². The molecule has 9 nitrogen and oxygen atoms in total. The van der Waals surface area contributed by atoms with Gasteiger partial charge >= 0.3 is 12.1 Å². The Labute approximate surface area is 212 Å². The SMILES string of the molecule is NC(=O)c1cnc2ccc(S(=O)(=O)c3ccccc3)cc2c1Nc1ccc(O)c(F)c1.O=C(O)C(F)(F)F. The number of nitrogens with two attached hydrogens (primary N) is 1. The molecule has 0 unspecified atom stereocenters. The molecule has 0 radical (unpaired) electrons. The van der Waals surface area contributed by atoms with Gasteiger partial charge in [-0.3, -0.25) is 9.78 Å². The Balaban J connectivity index is 0.000000505. The number of phenols is 1. The van der Waals surface area contributed by atoms with Gasteiger partial charge in [0.25, 0.3) is 5.91 Å². The number of alkyl halides is 3. The summed E-state index contributed by atoms with van der Waals surface area (Å²) in [4.78, 5) is 25.2. The first-order chi connectivity index (χ1) is 17.7. The van der Waals surface area contributed by atoms with Crippen LogP contribution in [-0.2, 0) is 14.6 Å². The number of aliphatic carboxylic acids is 1. The lowest BCUT2D eigenvalue weighted by atomic mass is 10.1. The van der Waals surface area contributed by atoms with E-state index in [4.69, 9.17) is 15.6 Å². The van der Waals surface area contributed by atoms with Gasteiger partial charge in [0.2, 0.25) is 9.84 Å². The van der Waals surface area contributed by atoms with E-state index >= 15 is 0 Å². The predicted octanol–water partition coefficient (Wildman–Crippen LogP) is 4.39. The summed E-state index contributed by atoms with van der Waals surface area (Å²) in [6.45, 7) is 0. The number of primary amides is 1. The summed E-state index contributed by atoms with van der Waals surface area (Å²) >= 11 is 0. The highest BCUT2D eigenvalue weighted by molar-refractivity contribution is 7.91. The average molecular weight is 551 g/mol. The molecule has 38 heavy (non-hydrogen) atoms. The Morgan fingerprint density at radius 3 is 2.13 bits per heavy atom. The number of aromatic hydroxyl groups is 1. The summed E-state index contributed by atoms with van der Waals surface area (Å²) in [7, 11) is -3.83. The Kier molecular flexibility index (Phi) is 7.86. The number of nitrogens with one attached hydrogen (secondary N) is 1. The largest absolute Gasteiger partial charge is 0.505 e. The fourth-order valence-corrected chi connectivity index (χ4v) is 4.43. The second-order valence-electron chi connectivity index (χ2n) is 7.50. The zero-order chi connectivity index (χ0) is 28.3. The molecule has 1 amide bonds. The lowest BCUT2D eigenvalue weighted by molar-refractivity contribution is -0.192. The van der Waals surface area contributed by atoms with Crippen LogP contribution in [0.25, 0.3) is 10.9 Å². The number of benzene rings is 3. The Bertz CT molecular complexity index is 1630. The topological polar surface area (TPSA) is 160 Å². The molecule has 0 atom stereocenters. The van der Waals surface area contributed by atoms with Gasteiger partial charge < -0.3 is 21.3 Å². The zero-order valence-corrected chi connectivity index (χ0v) is 19.7. The molecule has 1 heterocycles. The van der Waals surface area contributed by atoms with E-state index in [2.05, 4.69) is 10.3 Å². The minimum atomic E-state index is -5.08. The molecular weight excluding hydrogens is 534 g/mol. The van der Waals surface area contributed by atoms with Crippen LogP contribution in [0.3, 0.4) is 0 Å². The third-order valence-electron chi connectivity index (χ3n) is 4.93. The number of carbonyl (C=O) groups is 2. The van der Waals surface area contributed by atoms with Crippen LogP contribution in [-0.4, -0.2) is 41.7 Å². The van der Waals surface area contributed by atoms with Crippen LogP contribution in [0.4, 0.5) is 28.9 Å². The van der Waals surface area contributed by atoms with Crippen molar-refractivity contribution in [2.45, 2.75) is 16.0 Å². The molecule has 0 saturated heterocycles. The van der Waals surface area contributed by atoms with Gasteiger partial charge in [-0.15, -0.1) is 0 Å². The molecule has 4 rings (SSSR count). The van der Waals surface area contributed by atoms with Gasteiger partial charge in [-0.2, -0.15) is 13.2 Å². The number of carboxylic acid groups (broad SMARTS) is 1. The molecule has 1 aromatic heterocycles. The number of rotatable bonds is 5. The minimum absolute atomic E-state index is 0.00441. The van der Waals surface area contributed by atoms with E-state index in [1.54, 1.807) is 18.2 Å². The van der Waals surface area contributed by atoms with E-state index in [0.717, 1.165) is 12.1 Å². The number of hydrogen-bond donors (Lipinski definition) is 4. The molecule has 0 aliphatic heterocycles. The van der Waals surface area contributed by atoms with Crippen LogP contribution in [0.1, 0.15) is 10.4 Å². The molecule has 0 spiro atoms. The first-order valence-corrected chi connectivity index (χ1v) is 11.8. The lowest BCUT2D eigenvalue weighted by Crippen LogP contribution is -2.21. The van der Waals surface area contributed by atoms with E-state index in [1.165, 1.54) is 42.6 Å². The molecule has 0 saturated carbocycles. The smallest absolute Gasteiger partial charge is 0.490 e. The van der Waals surface area contributed by atoms with Crippen molar-refractivity contribution in [2.24, 2.45) is 5.73 Å². The van der Waals surface area contributed by atoms with E-state index in [-0.39, 0.29) is 26.7 Å². The molecule has 4 aromatic rings. The standard InChI is InChI=1S/C22H16FN3O4S.C2HF3O2/c23-18-10-13(6-9-20(18)27)26-21-16-11-15(31(29,30)14-4-2-1-3-5-14)7-8-19(16)25-12-17(21)22(24)28;3-2(4,5)1(6)7/h1-12,27H,(H2,24,28)(H,25,26);(H,6,7). The highest BCUT2D eigenvalue weighted by atomic mass is 32.2. The summed E-state index contributed by atoms with van der Waals surface area (Å²) in [5, 5.41) is 19.7. The maximum absolute atomic E-state index is 13.8. The number of phenolic OH excluding ortho intramolecular Hbond substituents is 1. The third kappa shape index (κ3) is 6.15. The number of halogens is 4. The quantitative estimate of drug-likeness (QED) is 0.210. The number of fused-ring (bicyclic) bond motifs is 1. The van der Waals surface area contributed by atoms with Crippen LogP contribution < -0.4 is 11.1 Å². The summed E-state index contributed by atoms with van der Waals surface area (Å²) in [5.74, 6) is -4.95. The Hall–Kier alpha value is -4.72. The van der Waals surface area contributed by atoms with Crippen LogP contribution in [0.15, 0.2) is 82.7 Å². The van der Waals surface area contributed by atoms with E-state index < -0.39 is 39.5 Å². The van der Waals surface area contributed by atoms with Crippen molar-refractivity contribution in [1.82, 2.24) is 4.98 Å². The summed E-state index contributed by atoms with van der Waals surface area (Å²) < 4.78 is 71.6. The Morgan fingerprint density at radius 1 is 0.947 bits per heavy atom. The second-order valence-corrected chi connectivity index (χ2v) is 9.45. The number of hydrogen-bond acceptors (Lipinski definition) is 7. The fraction of sp³-hybridized carbons (Fsp3) is 0.0417. The van der Waals surface area contributed by atoms with Crippen LogP contribution >= 0.6 is 0 Å². The zero-order valence-electron chi connectivity index (χ0n) is 18.9. The molecule has 5 N–H and O–H groups in total. The van der Waals surface area contributed by atoms with Gasteiger partial charge in [0.15, 0.2) is 11.6 Å². The van der Waals surface area contributed by atoms with Gasteiger partial charge in [-0.1, -0.05) is 18.2 Å². The lowest BCUT2D eigenvalue weighted by Gasteiger charge is -2.14. The molecule has 0 fully saturated rings. The summed E-state index contributed by atoms with van der Waals surface area (Å²) in [6, 6.07) is 15.8. The fourth-order valence-electron chi connectivity index (χ4n) is 3.13. The number of anilines is 2. The Morgan fingerprint density at radius 2 is 1.58 bits per heavy atom. The molecular formula is C24H17F4N3O6S. The van der Waals surface area contributed by atoms with Crippen LogP contribution in [0.5, 0.6) is 5.75 Å². The van der Waals surface area contributed by atoms with Crippen molar-refractivity contribution < 1.29 is 45.8 Å². The maximum Gasteiger partial charge on any atom is 0.490 e. The molecule has 0 bridgehead atoms. The van der Waals surface area contributed by atoms with Gasteiger partial charge in [-0.05, 0) is 42.5 Å². The predicted molar refractivity (Wildman–Crippen MR) is 127 cm³/mol. The third-order valence-corrected chi connectivity index (χ3v) is 6.70. The highest BCUT2D eigenvalue weighted by Crippen LogP contribution is 2.33. The van der Waals surface area contributed by atoms with Gasteiger partial charge in [0.05, 0.1) is 26.6 Å². The van der Waals surface area contributed by atoms with E-state index in [0.29, 0.717) is 10.9 Å². The first-order valence-electron chi connectivity index (χ1n) is 10.3. The van der Waals surface area contributed by atoms with Crippen molar-refractivity contribution in [1.29, 1.82) is 0 Å². The minimum Gasteiger partial charge on any atom is -0.505 e. The van der Waals surface area contributed by atoms with Crippen LogP contribution in [0.2, 0.25) is 0 Å². The average Bonchev–Trinajstić information content (AvgIpc) is 2.86. The number of amides is 1. The van der Waals surface area contributed by atoms with Gasteiger partial charge in [-0.25, -0.2) is 17.6 Å². The second kappa shape index (κ2) is 10.7. The number of nitrogens with zero attached hydrogens (tertiary/aromatic N) is 1. The summed E-state index contributed by atoms with van der Waals surface area (Å²) in [6.07, 6.45) is -3.82. The first kappa shape index (κ1) is 27.9. The molecule has 198 valence electrons. The number of carbonyl (C=O) groups excluding carboxylic acids is 1. The van der Waals surface area contributed by atoms with E-state index in [1.807, 2.05) is 0 Å². The monoisotopic (exact) mass is 551 g/mol. The molecule has 0 aliphatic rings. The maximum atomic E-state index is 13.8. The number of carboxylic acids is 1. The molecule has 14 heteroatoms. The number of pyridine rings is 1. The van der Waals surface area contributed by atoms with Crippen LogP contribution in [0, 0.1) is 5.82 Å². The molecule has 0 aliphatic carbocycles. The number of sulfone groups is 1. The van der Waals surface area contributed by atoms with Gasteiger partial charge in [0, 0.05) is 23.3 Å². The van der Waals surface area contributed by atoms with Crippen molar-refractivity contribution in [3.63, 3.8) is 0 Å². The molecule has 3 aromatic carbocycles. The number of aromatic nitrogens is 1. The normalized spacial score (nSPS) is 11.4.